The molecule has 172 valence electrons. The number of guanidine groups is 1. The molecule has 1 saturated heterocycles. The van der Waals surface area contributed by atoms with E-state index in [0.29, 0.717) is 13.1 Å². The van der Waals surface area contributed by atoms with Gasteiger partial charge in [0.1, 0.15) is 0 Å². The fourth-order valence-corrected chi connectivity index (χ4v) is 4.76. The van der Waals surface area contributed by atoms with Gasteiger partial charge in [-0.3, -0.25) is 14.7 Å². The Kier molecular flexibility index (Phi) is 12.4. The van der Waals surface area contributed by atoms with E-state index in [1.807, 2.05) is 17.5 Å². The minimum atomic E-state index is -0.00475. The lowest BCUT2D eigenvalue weighted by atomic mass is 10.2. The fourth-order valence-electron chi connectivity index (χ4n) is 3.27. The number of ether oxygens (including phenoxy) is 1. The summed E-state index contributed by atoms with van der Waals surface area (Å²) in [5.41, 5.74) is 0. The molecule has 0 spiro atoms. The lowest BCUT2D eigenvalue weighted by Crippen LogP contribution is -2.42. The number of halogens is 1. The topological polar surface area (TPSA) is 78.0 Å². The molecular formula is C21H32IN5O2S2. The smallest absolute Gasteiger partial charge is 0.261 e. The molecule has 3 heterocycles. The van der Waals surface area contributed by atoms with Crippen LogP contribution >= 0.6 is 46.7 Å². The Morgan fingerprint density at radius 2 is 1.87 bits per heavy atom. The van der Waals surface area contributed by atoms with Crippen molar-refractivity contribution < 1.29 is 9.53 Å². The van der Waals surface area contributed by atoms with Gasteiger partial charge < -0.3 is 20.7 Å². The minimum absolute atomic E-state index is 0. The number of amides is 1. The molecule has 1 atom stereocenters. The van der Waals surface area contributed by atoms with E-state index in [1.165, 1.54) is 16.2 Å². The minimum Gasteiger partial charge on any atom is -0.379 e. The number of rotatable bonds is 10. The van der Waals surface area contributed by atoms with E-state index < -0.39 is 0 Å². The van der Waals surface area contributed by atoms with E-state index in [2.05, 4.69) is 45.3 Å². The third-order valence-corrected chi connectivity index (χ3v) is 6.64. The normalized spacial score (nSPS) is 15.7. The van der Waals surface area contributed by atoms with E-state index in [0.717, 1.165) is 56.7 Å². The molecule has 1 unspecified atom stereocenters. The molecule has 0 aliphatic carbocycles. The molecule has 3 rings (SSSR count). The van der Waals surface area contributed by atoms with Crippen LogP contribution in [0.15, 0.2) is 40.0 Å². The molecule has 1 fully saturated rings. The van der Waals surface area contributed by atoms with Crippen LogP contribution in [0.1, 0.15) is 33.9 Å². The van der Waals surface area contributed by atoms with Crippen LogP contribution in [-0.4, -0.2) is 69.2 Å². The van der Waals surface area contributed by atoms with Crippen LogP contribution in [0.5, 0.6) is 0 Å². The molecule has 0 aromatic carbocycles. The molecule has 0 bridgehead atoms. The number of morpholine rings is 1. The average molecular weight is 578 g/mol. The second-order valence-electron chi connectivity index (χ2n) is 6.91. The van der Waals surface area contributed by atoms with Crippen molar-refractivity contribution >= 4 is 58.5 Å². The first-order chi connectivity index (χ1) is 14.8. The number of hydrogen-bond donors (Lipinski definition) is 3. The molecule has 10 heteroatoms. The van der Waals surface area contributed by atoms with Crippen LogP contribution in [0.4, 0.5) is 0 Å². The van der Waals surface area contributed by atoms with Gasteiger partial charge in [-0.05, 0) is 36.2 Å². The van der Waals surface area contributed by atoms with Crippen molar-refractivity contribution in [1.29, 1.82) is 0 Å². The summed E-state index contributed by atoms with van der Waals surface area (Å²) < 4.78 is 5.52. The number of carbonyl (C=O) groups excluding carboxylic acids is 1. The van der Waals surface area contributed by atoms with Gasteiger partial charge in [0.05, 0.1) is 30.7 Å². The highest BCUT2D eigenvalue weighted by atomic mass is 127. The quantitative estimate of drug-likeness (QED) is 0.175. The summed E-state index contributed by atoms with van der Waals surface area (Å²) in [6, 6.07) is 8.30. The molecule has 1 aliphatic rings. The van der Waals surface area contributed by atoms with Crippen molar-refractivity contribution in [3.05, 3.63) is 44.8 Å². The van der Waals surface area contributed by atoms with Crippen molar-refractivity contribution in [1.82, 2.24) is 20.9 Å². The lowest BCUT2D eigenvalue weighted by Gasteiger charge is -2.33. The number of nitrogens with zero attached hydrogens (tertiary/aromatic N) is 2. The van der Waals surface area contributed by atoms with E-state index in [-0.39, 0.29) is 35.9 Å². The second-order valence-corrected chi connectivity index (χ2v) is 8.84. The number of carbonyl (C=O) groups is 1. The molecule has 0 saturated carbocycles. The van der Waals surface area contributed by atoms with Crippen LogP contribution < -0.4 is 16.0 Å². The molecule has 3 N–H and O–H groups in total. The lowest BCUT2D eigenvalue weighted by molar-refractivity contribution is 0.0186. The SMILES string of the molecule is CCNC(=NCC(c1cccs1)N1CCOCC1)NCCCNC(=O)c1cccs1.I. The largest absolute Gasteiger partial charge is 0.379 e. The third-order valence-electron chi connectivity index (χ3n) is 4.80. The zero-order chi connectivity index (χ0) is 21.0. The number of hydrogen-bond acceptors (Lipinski definition) is 6. The molecule has 1 amide bonds. The first-order valence-corrected chi connectivity index (χ1v) is 12.2. The van der Waals surface area contributed by atoms with Crippen LogP contribution in [-0.2, 0) is 4.74 Å². The first-order valence-electron chi connectivity index (χ1n) is 10.5. The van der Waals surface area contributed by atoms with Gasteiger partial charge in [-0.25, -0.2) is 0 Å². The zero-order valence-corrected chi connectivity index (χ0v) is 21.8. The highest BCUT2D eigenvalue weighted by molar-refractivity contribution is 14.0. The maximum absolute atomic E-state index is 12.0. The summed E-state index contributed by atoms with van der Waals surface area (Å²) in [6.45, 7) is 8.39. The van der Waals surface area contributed by atoms with E-state index in [9.17, 15) is 4.79 Å². The average Bonchev–Trinajstić information content (AvgIpc) is 3.49. The Balaban J connectivity index is 0.00000341. The van der Waals surface area contributed by atoms with E-state index in [1.54, 1.807) is 11.3 Å². The van der Waals surface area contributed by atoms with Crippen molar-refractivity contribution in [2.75, 3.05) is 52.5 Å². The number of nitrogens with one attached hydrogen (secondary N) is 3. The van der Waals surface area contributed by atoms with Crippen molar-refractivity contribution in [3.8, 4) is 0 Å². The Labute approximate surface area is 209 Å². The second kappa shape index (κ2) is 14.8. The standard InChI is InChI=1S/C21H31N5O2S2.HI/c1-2-22-21(24-9-5-8-23-20(27)19-7-4-15-30-19)25-16-17(18-6-3-14-29-18)26-10-12-28-13-11-26;/h3-4,6-7,14-15,17H,2,5,8-13,16H2,1H3,(H,23,27)(H2,22,24,25);1H. The molecule has 7 nitrogen and oxygen atoms in total. The molecule has 0 radical (unpaired) electrons. The maximum atomic E-state index is 12.0. The van der Waals surface area contributed by atoms with Crippen LogP contribution in [0, 0.1) is 0 Å². The van der Waals surface area contributed by atoms with Crippen molar-refractivity contribution in [2.45, 2.75) is 19.4 Å². The predicted molar refractivity (Wildman–Crippen MR) is 140 cm³/mol. The predicted octanol–water partition coefficient (Wildman–Crippen LogP) is 3.18. The summed E-state index contributed by atoms with van der Waals surface area (Å²) in [7, 11) is 0. The maximum Gasteiger partial charge on any atom is 0.261 e. The van der Waals surface area contributed by atoms with Gasteiger partial charge in [0.15, 0.2) is 5.96 Å². The van der Waals surface area contributed by atoms with Gasteiger partial charge in [0.2, 0.25) is 0 Å². The summed E-state index contributed by atoms with van der Waals surface area (Å²) in [5, 5.41) is 13.7. The highest BCUT2D eigenvalue weighted by Crippen LogP contribution is 2.26. The molecule has 2 aromatic rings. The monoisotopic (exact) mass is 577 g/mol. The summed E-state index contributed by atoms with van der Waals surface area (Å²) in [5.74, 6) is 0.812. The van der Waals surface area contributed by atoms with Crippen molar-refractivity contribution in [2.24, 2.45) is 4.99 Å². The summed E-state index contributed by atoms with van der Waals surface area (Å²) >= 11 is 3.24. The fraction of sp³-hybridized carbons (Fsp3) is 0.524. The van der Waals surface area contributed by atoms with Gasteiger partial charge in [-0.15, -0.1) is 46.7 Å². The zero-order valence-electron chi connectivity index (χ0n) is 17.8. The van der Waals surface area contributed by atoms with Gasteiger partial charge in [0, 0.05) is 37.6 Å². The van der Waals surface area contributed by atoms with Gasteiger partial charge >= 0.3 is 0 Å². The Morgan fingerprint density at radius 3 is 2.55 bits per heavy atom. The van der Waals surface area contributed by atoms with Gasteiger partial charge in [-0.1, -0.05) is 12.1 Å². The highest BCUT2D eigenvalue weighted by Gasteiger charge is 2.23. The Hall–Kier alpha value is -1.21. The molecule has 2 aromatic heterocycles. The number of aliphatic imine (C=N–C) groups is 1. The number of thiophene rings is 2. The molecule has 1 aliphatic heterocycles. The summed E-state index contributed by atoms with van der Waals surface area (Å²) in [6.07, 6.45) is 0.833. The Bertz CT molecular complexity index is 765. The third kappa shape index (κ3) is 8.68. The van der Waals surface area contributed by atoms with Crippen LogP contribution in [0.2, 0.25) is 0 Å². The molecule has 31 heavy (non-hydrogen) atoms. The van der Waals surface area contributed by atoms with Crippen molar-refractivity contribution in [3.63, 3.8) is 0 Å². The van der Waals surface area contributed by atoms with Crippen LogP contribution in [0.25, 0.3) is 0 Å². The Morgan fingerprint density at radius 1 is 1.13 bits per heavy atom. The van der Waals surface area contributed by atoms with E-state index >= 15 is 0 Å². The van der Waals surface area contributed by atoms with Gasteiger partial charge in [-0.2, -0.15) is 0 Å². The van der Waals surface area contributed by atoms with E-state index in [4.69, 9.17) is 9.73 Å². The first kappa shape index (κ1) is 26.0. The summed E-state index contributed by atoms with van der Waals surface area (Å²) in [4.78, 5) is 21.4. The van der Waals surface area contributed by atoms with Gasteiger partial charge in [0.25, 0.3) is 5.91 Å². The van der Waals surface area contributed by atoms with Crippen LogP contribution in [0.3, 0.4) is 0 Å². The molecular weight excluding hydrogens is 545 g/mol.